The summed E-state index contributed by atoms with van der Waals surface area (Å²) in [7, 11) is 3.03. The molecule has 3 heterocycles. The van der Waals surface area contributed by atoms with Crippen LogP contribution in [0.1, 0.15) is 19.4 Å². The predicted octanol–water partition coefficient (Wildman–Crippen LogP) is 0.669. The molecule has 0 aliphatic carbocycles. The smallest absolute Gasteiger partial charge is 0.332 e. The monoisotopic (exact) mass is 392 g/mol. The predicted molar refractivity (Wildman–Crippen MR) is 104 cm³/mol. The van der Waals surface area contributed by atoms with Crippen LogP contribution in [-0.4, -0.2) is 56.0 Å². The van der Waals surface area contributed by atoms with E-state index in [1.807, 2.05) is 20.8 Å². The van der Waals surface area contributed by atoms with E-state index in [1.165, 1.54) is 23.4 Å². The van der Waals surface area contributed by atoms with Crippen molar-refractivity contribution in [1.82, 2.24) is 19.0 Å². The van der Waals surface area contributed by atoms with Crippen molar-refractivity contribution in [2.24, 2.45) is 14.1 Å². The highest BCUT2D eigenvalue weighted by atomic mass is 32.2. The van der Waals surface area contributed by atoms with Gasteiger partial charge >= 0.3 is 5.69 Å². The lowest BCUT2D eigenvalue weighted by Crippen LogP contribution is -2.48. The summed E-state index contributed by atoms with van der Waals surface area (Å²) < 4.78 is 8.10. The van der Waals surface area contributed by atoms with Crippen LogP contribution in [0.25, 0.3) is 11.0 Å². The summed E-state index contributed by atoms with van der Waals surface area (Å²) in [6, 6.07) is 0. The normalized spacial score (nSPS) is 20.3. The van der Waals surface area contributed by atoms with Gasteiger partial charge in [-0.25, -0.2) is 9.78 Å². The van der Waals surface area contributed by atoms with E-state index in [0.717, 1.165) is 10.1 Å². The second-order valence-electron chi connectivity index (χ2n) is 7.02. The Morgan fingerprint density at radius 1 is 1.22 bits per heavy atom. The Morgan fingerprint density at radius 3 is 2.48 bits per heavy atom. The fourth-order valence-electron chi connectivity index (χ4n) is 3.39. The van der Waals surface area contributed by atoms with Crippen LogP contribution in [0.4, 0.5) is 0 Å². The first-order valence-electron chi connectivity index (χ1n) is 8.82. The Hall–Kier alpha value is -2.13. The highest BCUT2D eigenvalue weighted by Crippen LogP contribution is 2.28. The van der Waals surface area contributed by atoms with Crippen molar-refractivity contribution in [2.75, 3.05) is 18.8 Å². The van der Waals surface area contributed by atoms with E-state index in [4.69, 9.17) is 4.74 Å². The number of carbonyl (C=O) groups excluding carboxylic acids is 1. The molecule has 0 aromatic carbocycles. The third kappa shape index (κ3) is 3.66. The largest absolute Gasteiger partial charge is 0.372 e. The first-order chi connectivity index (χ1) is 12.7. The molecule has 1 aliphatic heterocycles. The maximum atomic E-state index is 12.7. The molecule has 27 heavy (non-hydrogen) atoms. The summed E-state index contributed by atoms with van der Waals surface area (Å²) in [5.41, 5.74) is 0.317. The first-order valence-corrected chi connectivity index (χ1v) is 9.80. The number of thioether (sulfide) groups is 1. The number of rotatable bonds is 3. The number of morpholine rings is 1. The minimum Gasteiger partial charge on any atom is -0.372 e. The molecule has 0 unspecified atom stereocenters. The van der Waals surface area contributed by atoms with Gasteiger partial charge in [0.1, 0.15) is 5.65 Å². The summed E-state index contributed by atoms with van der Waals surface area (Å²) in [4.78, 5) is 44.3. The van der Waals surface area contributed by atoms with E-state index in [1.54, 1.807) is 18.1 Å². The van der Waals surface area contributed by atoms with Crippen LogP contribution in [0, 0.1) is 6.92 Å². The summed E-state index contributed by atoms with van der Waals surface area (Å²) >= 11 is 1.32. The number of aromatic nitrogens is 3. The highest BCUT2D eigenvalue weighted by Gasteiger charge is 2.26. The number of hydrogen-bond donors (Lipinski definition) is 0. The average molecular weight is 392 g/mol. The van der Waals surface area contributed by atoms with Crippen LogP contribution in [0.3, 0.4) is 0 Å². The maximum absolute atomic E-state index is 12.7. The molecule has 1 saturated heterocycles. The number of fused-ring (bicyclic) bond motifs is 1. The first kappa shape index (κ1) is 19.6. The third-order valence-electron chi connectivity index (χ3n) is 4.71. The van der Waals surface area contributed by atoms with Crippen molar-refractivity contribution in [2.45, 2.75) is 37.9 Å². The molecule has 0 radical (unpaired) electrons. The highest BCUT2D eigenvalue weighted by molar-refractivity contribution is 8.00. The summed E-state index contributed by atoms with van der Waals surface area (Å²) in [6.07, 6.45) is 1.65. The van der Waals surface area contributed by atoms with Gasteiger partial charge in [0.05, 0.1) is 23.3 Å². The van der Waals surface area contributed by atoms with Crippen molar-refractivity contribution < 1.29 is 9.53 Å². The van der Waals surface area contributed by atoms with E-state index in [9.17, 15) is 14.4 Å². The molecule has 9 heteroatoms. The standard InChI is InChI=1S/C18H24N4O4S/c1-10-6-19-16-14(17(24)21(5)18(25)20(16)4)15(10)27-9-13(23)22-7-11(2)26-12(3)8-22/h6,11-12H,7-9H2,1-5H3/t11-,12+. The second-order valence-corrected chi connectivity index (χ2v) is 8.01. The maximum Gasteiger partial charge on any atom is 0.332 e. The molecule has 2 atom stereocenters. The topological polar surface area (TPSA) is 86.4 Å². The average Bonchev–Trinajstić information content (AvgIpc) is 2.62. The molecular formula is C18H24N4O4S. The molecule has 1 aliphatic rings. The Kier molecular flexibility index (Phi) is 5.43. The SMILES string of the molecule is Cc1cnc2c(c1SCC(=O)N1C[C@@H](C)O[C@@H](C)C1)c(=O)n(C)c(=O)n2C. The Morgan fingerprint density at radius 2 is 1.85 bits per heavy atom. The molecular weight excluding hydrogens is 368 g/mol. The lowest BCUT2D eigenvalue weighted by atomic mass is 10.2. The van der Waals surface area contributed by atoms with Crippen molar-refractivity contribution in [3.05, 3.63) is 32.6 Å². The van der Waals surface area contributed by atoms with Gasteiger partial charge in [-0.1, -0.05) is 0 Å². The van der Waals surface area contributed by atoms with E-state index >= 15 is 0 Å². The van der Waals surface area contributed by atoms with Crippen molar-refractivity contribution in [3.8, 4) is 0 Å². The summed E-state index contributed by atoms with van der Waals surface area (Å²) in [6.45, 7) is 6.89. The van der Waals surface area contributed by atoms with Crippen LogP contribution in [0.2, 0.25) is 0 Å². The van der Waals surface area contributed by atoms with Gasteiger partial charge in [-0.05, 0) is 26.3 Å². The molecule has 0 N–H and O–H groups in total. The molecule has 2 aromatic rings. The summed E-state index contributed by atoms with van der Waals surface area (Å²) in [5, 5.41) is 0.376. The van der Waals surface area contributed by atoms with E-state index in [2.05, 4.69) is 4.98 Å². The third-order valence-corrected chi connectivity index (χ3v) is 5.92. The van der Waals surface area contributed by atoms with Gasteiger partial charge in [0.25, 0.3) is 5.56 Å². The molecule has 0 saturated carbocycles. The Balaban J connectivity index is 1.93. The number of ether oxygens (including phenoxy) is 1. The lowest BCUT2D eigenvalue weighted by molar-refractivity contribution is -0.140. The summed E-state index contributed by atoms with van der Waals surface area (Å²) in [5.74, 6) is 0.221. The fourth-order valence-corrected chi connectivity index (χ4v) is 4.44. The molecule has 146 valence electrons. The molecule has 0 spiro atoms. The molecule has 1 fully saturated rings. The van der Waals surface area contributed by atoms with Gasteiger partial charge in [-0.3, -0.25) is 18.7 Å². The Labute approximate surface area is 161 Å². The van der Waals surface area contributed by atoms with Gasteiger partial charge in [0, 0.05) is 38.3 Å². The van der Waals surface area contributed by atoms with E-state index in [-0.39, 0.29) is 23.9 Å². The quantitative estimate of drug-likeness (QED) is 0.714. The van der Waals surface area contributed by atoms with E-state index in [0.29, 0.717) is 29.0 Å². The number of pyridine rings is 1. The van der Waals surface area contributed by atoms with Crippen LogP contribution in [-0.2, 0) is 23.6 Å². The molecule has 1 amide bonds. The van der Waals surface area contributed by atoms with Crippen molar-refractivity contribution in [3.63, 3.8) is 0 Å². The molecule has 2 aromatic heterocycles. The minimum absolute atomic E-state index is 0.00741. The molecule has 8 nitrogen and oxygen atoms in total. The lowest BCUT2D eigenvalue weighted by Gasteiger charge is -2.35. The van der Waals surface area contributed by atoms with Gasteiger partial charge in [0.2, 0.25) is 5.91 Å². The fraction of sp³-hybridized carbons (Fsp3) is 0.556. The number of hydrogen-bond acceptors (Lipinski definition) is 6. The number of nitrogens with zero attached hydrogens (tertiary/aromatic N) is 4. The van der Waals surface area contributed by atoms with Crippen LogP contribution >= 0.6 is 11.8 Å². The Bertz CT molecular complexity index is 1000. The second kappa shape index (κ2) is 7.47. The zero-order chi connectivity index (χ0) is 19.9. The van der Waals surface area contributed by atoms with Gasteiger partial charge < -0.3 is 9.64 Å². The molecule has 0 bridgehead atoms. The molecule has 3 rings (SSSR count). The number of carbonyl (C=O) groups is 1. The van der Waals surface area contributed by atoms with Crippen molar-refractivity contribution in [1.29, 1.82) is 0 Å². The minimum atomic E-state index is -0.424. The van der Waals surface area contributed by atoms with Gasteiger partial charge in [-0.15, -0.1) is 11.8 Å². The number of amides is 1. The van der Waals surface area contributed by atoms with Crippen LogP contribution in [0.5, 0.6) is 0 Å². The van der Waals surface area contributed by atoms with Crippen LogP contribution in [0.15, 0.2) is 20.7 Å². The van der Waals surface area contributed by atoms with Gasteiger partial charge in [-0.2, -0.15) is 0 Å². The van der Waals surface area contributed by atoms with Crippen molar-refractivity contribution >= 4 is 28.7 Å². The van der Waals surface area contributed by atoms with E-state index < -0.39 is 11.2 Å². The van der Waals surface area contributed by atoms with Crippen LogP contribution < -0.4 is 11.2 Å². The number of aryl methyl sites for hydroxylation is 2. The zero-order valence-corrected chi connectivity index (χ0v) is 17.0. The zero-order valence-electron chi connectivity index (χ0n) is 16.2. The van der Waals surface area contributed by atoms with Gasteiger partial charge in [0.15, 0.2) is 0 Å².